The Morgan fingerprint density at radius 2 is 1.55 bits per heavy atom. The van der Waals surface area contributed by atoms with E-state index in [9.17, 15) is 0 Å². The van der Waals surface area contributed by atoms with Crippen molar-refractivity contribution in [1.29, 1.82) is 0 Å². The van der Waals surface area contributed by atoms with Gasteiger partial charge >= 0.3 is 15.4 Å². The van der Waals surface area contributed by atoms with Crippen LogP contribution in [0, 0.1) is 20.8 Å². The number of hydrogen-bond acceptors (Lipinski definition) is 8. The molecule has 0 spiro atoms. The average Bonchev–Trinajstić information content (AvgIpc) is 2.53. The number of rotatable bonds is 0. The molecule has 0 fully saturated rings. The molecule has 0 aliphatic heterocycles. The summed E-state index contributed by atoms with van der Waals surface area (Å²) >= 11 is 1.62. The summed E-state index contributed by atoms with van der Waals surface area (Å²) in [5.74, 6) is 0. The van der Waals surface area contributed by atoms with Crippen LogP contribution in [-0.2, 0) is 20.8 Å². The predicted octanol–water partition coefficient (Wildman–Crippen LogP) is -0.446. The van der Waals surface area contributed by atoms with Crippen LogP contribution in [0.5, 0.6) is 0 Å². The Hall–Kier alpha value is -1.29. The third kappa shape index (κ3) is 11.4. The normalized spacial score (nSPS) is 11.2. The lowest BCUT2D eigenvalue weighted by atomic mass is 10.4. The zero-order chi connectivity index (χ0) is 17.7. The zero-order valence-electron chi connectivity index (χ0n) is 11.5. The number of aryl methyl sites for hydroxylation is 3. The third-order valence-corrected chi connectivity index (χ3v) is 2.51. The molecule has 0 saturated heterocycles. The van der Waals surface area contributed by atoms with Gasteiger partial charge in [-0.2, -0.15) is 8.42 Å². The standard InChI is InChI=1S/C8H10N3S.2H2O4S/c1-5-4-6(2)11-8(9-5)12-7(3)10-11;2*1-5(2,3)4/h4H,1-3H3;2*(H2,1,2,3,4)/q+1;;/p-1. The van der Waals surface area contributed by atoms with E-state index in [1.54, 1.807) is 11.3 Å². The van der Waals surface area contributed by atoms with Gasteiger partial charge in [0.15, 0.2) is 5.69 Å². The first-order chi connectivity index (χ1) is 9.66. The highest BCUT2D eigenvalue weighted by Crippen LogP contribution is 2.07. The quantitative estimate of drug-likeness (QED) is 0.310. The van der Waals surface area contributed by atoms with Crippen LogP contribution in [0.2, 0.25) is 0 Å². The lowest BCUT2D eigenvalue weighted by Crippen LogP contribution is -2.28. The van der Waals surface area contributed by atoms with Crippen molar-refractivity contribution in [2.75, 3.05) is 0 Å². The largest absolute Gasteiger partial charge is 0.726 e. The van der Waals surface area contributed by atoms with Crippen LogP contribution < -0.4 is 4.52 Å². The summed E-state index contributed by atoms with van der Waals surface area (Å²) < 4.78 is 66.3. The average molecular weight is 375 g/mol. The summed E-state index contributed by atoms with van der Waals surface area (Å²) in [6.07, 6.45) is 0. The maximum atomic E-state index is 8.74. The summed E-state index contributed by atoms with van der Waals surface area (Å²) in [6.45, 7) is 6.04. The van der Waals surface area contributed by atoms with Crippen molar-refractivity contribution in [3.05, 3.63) is 22.5 Å². The van der Waals surface area contributed by atoms with Gasteiger partial charge in [-0.05, 0) is 23.2 Å². The van der Waals surface area contributed by atoms with E-state index in [-0.39, 0.29) is 0 Å². The Bertz CT molecular complexity index is 797. The molecule has 14 heteroatoms. The van der Waals surface area contributed by atoms with E-state index in [4.69, 9.17) is 35.0 Å². The molecule has 0 saturated carbocycles. The van der Waals surface area contributed by atoms with E-state index >= 15 is 0 Å². The Kier molecular flexibility index (Phi) is 7.36. The second-order valence-corrected chi connectivity index (χ2v) is 6.64. The van der Waals surface area contributed by atoms with E-state index in [1.165, 1.54) is 0 Å². The summed E-state index contributed by atoms with van der Waals surface area (Å²) in [4.78, 5) is 5.35. The first-order valence-corrected chi connectivity index (χ1v) is 8.76. The second-order valence-electron chi connectivity index (χ2n) is 3.73. The predicted molar refractivity (Wildman–Crippen MR) is 73.8 cm³/mol. The molecule has 0 radical (unpaired) electrons. The second kappa shape index (κ2) is 7.82. The lowest BCUT2D eigenvalue weighted by Gasteiger charge is -1.88. The molecule has 3 N–H and O–H groups in total. The van der Waals surface area contributed by atoms with Gasteiger partial charge in [0.05, 0.1) is 0 Å². The van der Waals surface area contributed by atoms with Crippen molar-refractivity contribution in [2.45, 2.75) is 20.8 Å². The first kappa shape index (κ1) is 20.7. The van der Waals surface area contributed by atoms with Gasteiger partial charge in [0.25, 0.3) is 0 Å². The monoisotopic (exact) mass is 375 g/mol. The van der Waals surface area contributed by atoms with Gasteiger partial charge in [-0.3, -0.25) is 13.7 Å². The van der Waals surface area contributed by atoms with Crippen molar-refractivity contribution in [1.82, 2.24) is 10.1 Å². The van der Waals surface area contributed by atoms with Crippen molar-refractivity contribution < 1.29 is 39.6 Å². The molecule has 2 aromatic heterocycles. The Morgan fingerprint density at radius 3 is 1.95 bits per heavy atom. The molecular formula is C8H13N3O8S3. The molecule has 11 nitrogen and oxygen atoms in total. The molecule has 0 atom stereocenters. The Labute approximate surface area is 130 Å². The van der Waals surface area contributed by atoms with Gasteiger partial charge < -0.3 is 4.55 Å². The van der Waals surface area contributed by atoms with Crippen molar-refractivity contribution >= 4 is 37.1 Å². The maximum absolute atomic E-state index is 8.74. The SMILES string of the molecule is Cc1cc(C)[n+]2nc(C)sc2n1.O=S(=O)(O)O.O=S(=O)([O-])O. The van der Waals surface area contributed by atoms with E-state index in [0.717, 1.165) is 21.4 Å². The molecule has 0 unspecified atom stereocenters. The van der Waals surface area contributed by atoms with E-state index in [1.807, 2.05) is 31.4 Å². The lowest BCUT2D eigenvalue weighted by molar-refractivity contribution is -0.585. The molecule has 2 heterocycles. The molecule has 0 bridgehead atoms. The van der Waals surface area contributed by atoms with Gasteiger partial charge in [0, 0.05) is 19.9 Å². The van der Waals surface area contributed by atoms with Crippen molar-refractivity contribution in [3.63, 3.8) is 0 Å². The minimum Gasteiger partial charge on any atom is -0.726 e. The van der Waals surface area contributed by atoms with E-state index < -0.39 is 20.8 Å². The molecule has 0 aromatic carbocycles. The first-order valence-electron chi connectivity index (χ1n) is 5.18. The Morgan fingerprint density at radius 1 is 1.14 bits per heavy atom. The van der Waals surface area contributed by atoms with E-state index in [0.29, 0.717) is 0 Å². The van der Waals surface area contributed by atoms with Gasteiger partial charge in [-0.1, -0.05) is 9.61 Å². The summed E-state index contributed by atoms with van der Waals surface area (Å²) in [7, 11) is -9.58. The van der Waals surface area contributed by atoms with Gasteiger partial charge in [-0.25, -0.2) is 8.42 Å². The summed E-state index contributed by atoms with van der Waals surface area (Å²) in [6, 6.07) is 2.03. The number of hydrogen-bond donors (Lipinski definition) is 3. The Balaban J connectivity index is 0.000000372. The van der Waals surface area contributed by atoms with Crippen LogP contribution in [0.25, 0.3) is 4.96 Å². The van der Waals surface area contributed by atoms with Crippen molar-refractivity contribution in [3.8, 4) is 0 Å². The fourth-order valence-electron chi connectivity index (χ4n) is 1.23. The highest BCUT2D eigenvalue weighted by molar-refractivity contribution is 7.80. The van der Waals surface area contributed by atoms with E-state index in [2.05, 4.69) is 10.1 Å². The maximum Gasteiger partial charge on any atom is 0.409 e. The topological polar surface area (TPSA) is 182 Å². The van der Waals surface area contributed by atoms with Crippen LogP contribution in [-0.4, -0.2) is 45.1 Å². The summed E-state index contributed by atoms with van der Waals surface area (Å²) in [5, 5.41) is 5.38. The molecular weight excluding hydrogens is 362 g/mol. The molecule has 22 heavy (non-hydrogen) atoms. The summed E-state index contributed by atoms with van der Waals surface area (Å²) in [5.41, 5.74) is 2.19. The zero-order valence-corrected chi connectivity index (χ0v) is 14.0. The number of fused-ring (bicyclic) bond motifs is 1. The molecule has 126 valence electrons. The minimum atomic E-state index is -4.92. The van der Waals surface area contributed by atoms with Crippen molar-refractivity contribution in [2.24, 2.45) is 0 Å². The minimum absolute atomic E-state index is 0.977. The van der Waals surface area contributed by atoms with Gasteiger partial charge in [0.2, 0.25) is 10.4 Å². The van der Waals surface area contributed by atoms with Crippen LogP contribution in [0.1, 0.15) is 16.4 Å². The fourth-order valence-corrected chi connectivity index (χ4v) is 2.07. The third-order valence-electron chi connectivity index (χ3n) is 1.68. The van der Waals surface area contributed by atoms with Gasteiger partial charge in [-0.15, -0.1) is 0 Å². The molecule has 2 rings (SSSR count). The smallest absolute Gasteiger partial charge is 0.409 e. The molecule has 0 aliphatic rings. The highest BCUT2D eigenvalue weighted by Gasteiger charge is 2.13. The highest BCUT2D eigenvalue weighted by atomic mass is 32.3. The van der Waals surface area contributed by atoms with Gasteiger partial charge in [0.1, 0.15) is 10.7 Å². The number of nitrogens with zero attached hydrogens (tertiary/aromatic N) is 3. The molecule has 2 aromatic rings. The van der Waals surface area contributed by atoms with Crippen LogP contribution >= 0.6 is 11.3 Å². The molecule has 0 amide bonds. The van der Waals surface area contributed by atoms with Crippen LogP contribution in [0.4, 0.5) is 0 Å². The fraction of sp³-hybridized carbons (Fsp3) is 0.375. The van der Waals surface area contributed by atoms with Crippen LogP contribution in [0.15, 0.2) is 6.07 Å². The molecule has 0 aliphatic carbocycles. The number of aromatic nitrogens is 3. The van der Waals surface area contributed by atoms with Crippen LogP contribution in [0.3, 0.4) is 0 Å².